The van der Waals surface area contributed by atoms with E-state index in [9.17, 15) is 8.42 Å². The Morgan fingerprint density at radius 2 is 1.81 bits per heavy atom. The van der Waals surface area contributed by atoms with Crippen molar-refractivity contribution in [1.82, 2.24) is 9.03 Å². The number of ether oxygens (including phenoxy) is 2. The first-order chi connectivity index (χ1) is 7.36. The summed E-state index contributed by atoms with van der Waals surface area (Å²) in [6, 6.07) is 0. The van der Waals surface area contributed by atoms with Gasteiger partial charge >= 0.3 is 0 Å². The molecule has 0 aromatic carbocycles. The normalized spacial score (nSPS) is 12.6. The second-order valence-corrected chi connectivity index (χ2v) is 5.68. The molecule has 0 spiro atoms. The van der Waals surface area contributed by atoms with E-state index in [-0.39, 0.29) is 12.6 Å². The van der Waals surface area contributed by atoms with E-state index < -0.39 is 10.2 Å². The summed E-state index contributed by atoms with van der Waals surface area (Å²) in [6.45, 7) is 5.51. The van der Waals surface area contributed by atoms with E-state index in [1.165, 1.54) is 14.1 Å². The topological polar surface area (TPSA) is 67.9 Å². The summed E-state index contributed by atoms with van der Waals surface area (Å²) in [5.41, 5.74) is 0. The van der Waals surface area contributed by atoms with Gasteiger partial charge in [0.25, 0.3) is 10.2 Å². The standard InChI is InChI=1S/C9H22N2O4S/c1-9(2)15-8-7-14-6-5-10-16(12,13)11(3)4/h9-10H,5-8H2,1-4H3. The van der Waals surface area contributed by atoms with Crippen molar-refractivity contribution in [3.63, 3.8) is 0 Å². The highest BCUT2D eigenvalue weighted by molar-refractivity contribution is 7.87. The minimum absolute atomic E-state index is 0.191. The molecule has 0 amide bonds. The third-order valence-corrected chi connectivity index (χ3v) is 3.22. The molecular weight excluding hydrogens is 232 g/mol. The number of hydrogen-bond acceptors (Lipinski definition) is 4. The van der Waals surface area contributed by atoms with Crippen LogP contribution in [0.4, 0.5) is 0 Å². The van der Waals surface area contributed by atoms with E-state index >= 15 is 0 Å². The third kappa shape index (κ3) is 8.00. The molecule has 0 saturated heterocycles. The summed E-state index contributed by atoms with van der Waals surface area (Å²) in [7, 11) is -0.389. The van der Waals surface area contributed by atoms with E-state index in [0.29, 0.717) is 19.8 Å². The lowest BCUT2D eigenvalue weighted by Crippen LogP contribution is -2.37. The Kier molecular flexibility index (Phi) is 7.86. The molecule has 0 heterocycles. The van der Waals surface area contributed by atoms with Crippen molar-refractivity contribution >= 4 is 10.2 Å². The summed E-state index contributed by atoms with van der Waals surface area (Å²) in [5, 5.41) is 0. The zero-order valence-corrected chi connectivity index (χ0v) is 11.2. The number of nitrogens with zero attached hydrogens (tertiary/aromatic N) is 1. The van der Waals surface area contributed by atoms with Crippen LogP contribution in [-0.2, 0) is 19.7 Å². The lowest BCUT2D eigenvalue weighted by molar-refractivity contribution is 0.0211. The van der Waals surface area contributed by atoms with Gasteiger partial charge in [-0.3, -0.25) is 0 Å². The average molecular weight is 254 g/mol. The van der Waals surface area contributed by atoms with Gasteiger partial charge in [-0.15, -0.1) is 0 Å². The molecule has 98 valence electrons. The number of rotatable bonds is 9. The molecule has 0 aliphatic heterocycles. The lowest BCUT2D eigenvalue weighted by atomic mass is 10.5. The maximum Gasteiger partial charge on any atom is 0.279 e. The van der Waals surface area contributed by atoms with Gasteiger partial charge in [0.2, 0.25) is 0 Å². The van der Waals surface area contributed by atoms with Crippen LogP contribution in [0.3, 0.4) is 0 Å². The molecule has 16 heavy (non-hydrogen) atoms. The van der Waals surface area contributed by atoms with Gasteiger partial charge in [-0.25, -0.2) is 0 Å². The van der Waals surface area contributed by atoms with E-state index in [4.69, 9.17) is 9.47 Å². The van der Waals surface area contributed by atoms with Crippen molar-refractivity contribution in [3.05, 3.63) is 0 Å². The molecular formula is C9H22N2O4S. The molecule has 0 saturated carbocycles. The summed E-state index contributed by atoms with van der Waals surface area (Å²) in [5.74, 6) is 0. The van der Waals surface area contributed by atoms with Crippen LogP contribution in [0.25, 0.3) is 0 Å². The molecule has 0 atom stereocenters. The van der Waals surface area contributed by atoms with E-state index in [0.717, 1.165) is 4.31 Å². The van der Waals surface area contributed by atoms with Crippen LogP contribution in [0.5, 0.6) is 0 Å². The predicted octanol–water partition coefficient (Wildman–Crippen LogP) is -0.176. The maximum atomic E-state index is 11.2. The Bertz CT molecular complexity index is 265. The summed E-state index contributed by atoms with van der Waals surface area (Å²) >= 11 is 0. The Balaban J connectivity index is 3.41. The van der Waals surface area contributed by atoms with E-state index in [1.54, 1.807) is 0 Å². The summed E-state index contributed by atoms with van der Waals surface area (Å²) in [6.07, 6.45) is 0.191. The predicted molar refractivity (Wildman–Crippen MR) is 62.5 cm³/mol. The SMILES string of the molecule is CC(C)OCCOCCNS(=O)(=O)N(C)C. The van der Waals surface area contributed by atoms with Crippen molar-refractivity contribution in [2.24, 2.45) is 0 Å². The quantitative estimate of drug-likeness (QED) is 0.580. The third-order valence-electron chi connectivity index (χ3n) is 1.69. The molecule has 0 fully saturated rings. The highest BCUT2D eigenvalue weighted by Gasteiger charge is 2.10. The Morgan fingerprint density at radius 1 is 1.19 bits per heavy atom. The minimum Gasteiger partial charge on any atom is -0.378 e. The van der Waals surface area contributed by atoms with Crippen LogP contribution in [0, 0.1) is 0 Å². The van der Waals surface area contributed by atoms with Crippen LogP contribution in [-0.4, -0.2) is 59.3 Å². The van der Waals surface area contributed by atoms with Gasteiger partial charge < -0.3 is 9.47 Å². The lowest BCUT2D eigenvalue weighted by Gasteiger charge is -2.12. The van der Waals surface area contributed by atoms with Gasteiger partial charge in [0.15, 0.2) is 0 Å². The first-order valence-corrected chi connectivity index (χ1v) is 6.66. The Morgan fingerprint density at radius 3 is 2.31 bits per heavy atom. The average Bonchev–Trinajstić information content (AvgIpc) is 2.15. The van der Waals surface area contributed by atoms with E-state index in [1.807, 2.05) is 13.8 Å². The number of hydrogen-bond donors (Lipinski definition) is 1. The first kappa shape index (κ1) is 15.8. The molecule has 0 unspecified atom stereocenters. The molecule has 0 aromatic rings. The maximum absolute atomic E-state index is 11.2. The summed E-state index contributed by atoms with van der Waals surface area (Å²) < 4.78 is 36.4. The van der Waals surface area contributed by atoms with Crippen LogP contribution >= 0.6 is 0 Å². The molecule has 0 bridgehead atoms. The fourth-order valence-corrected chi connectivity index (χ4v) is 1.42. The van der Waals surface area contributed by atoms with Crippen LogP contribution < -0.4 is 4.72 Å². The van der Waals surface area contributed by atoms with Gasteiger partial charge in [-0.05, 0) is 13.8 Å². The zero-order valence-electron chi connectivity index (χ0n) is 10.4. The smallest absolute Gasteiger partial charge is 0.279 e. The monoisotopic (exact) mass is 254 g/mol. The fraction of sp³-hybridized carbons (Fsp3) is 1.00. The Hall–Kier alpha value is -0.210. The van der Waals surface area contributed by atoms with Gasteiger partial charge in [0.1, 0.15) is 0 Å². The molecule has 0 aliphatic rings. The molecule has 0 aromatic heterocycles. The van der Waals surface area contributed by atoms with Crippen LogP contribution in [0.15, 0.2) is 0 Å². The van der Waals surface area contributed by atoms with Crippen molar-refractivity contribution in [1.29, 1.82) is 0 Å². The number of nitrogens with one attached hydrogen (secondary N) is 1. The van der Waals surface area contributed by atoms with Crippen LogP contribution in [0.2, 0.25) is 0 Å². The van der Waals surface area contributed by atoms with Gasteiger partial charge in [-0.1, -0.05) is 0 Å². The summed E-state index contributed by atoms with van der Waals surface area (Å²) in [4.78, 5) is 0. The molecule has 0 radical (unpaired) electrons. The zero-order chi connectivity index (χ0) is 12.6. The molecule has 1 N–H and O–H groups in total. The molecule has 7 heteroatoms. The fourth-order valence-electron chi connectivity index (χ4n) is 0.817. The minimum atomic E-state index is -3.33. The van der Waals surface area contributed by atoms with Gasteiger partial charge in [0.05, 0.1) is 25.9 Å². The van der Waals surface area contributed by atoms with Crippen molar-refractivity contribution < 1.29 is 17.9 Å². The highest BCUT2D eigenvalue weighted by atomic mass is 32.2. The van der Waals surface area contributed by atoms with Gasteiger partial charge in [-0.2, -0.15) is 17.4 Å². The van der Waals surface area contributed by atoms with Gasteiger partial charge in [0, 0.05) is 20.6 Å². The highest BCUT2D eigenvalue weighted by Crippen LogP contribution is 1.88. The molecule has 0 rings (SSSR count). The van der Waals surface area contributed by atoms with Crippen molar-refractivity contribution in [2.75, 3.05) is 40.5 Å². The van der Waals surface area contributed by atoms with Crippen molar-refractivity contribution in [3.8, 4) is 0 Å². The second kappa shape index (κ2) is 7.97. The Labute approximate surface area is 98.1 Å². The second-order valence-electron chi connectivity index (χ2n) is 3.71. The van der Waals surface area contributed by atoms with E-state index in [2.05, 4.69) is 4.72 Å². The molecule has 0 aliphatic carbocycles. The van der Waals surface area contributed by atoms with Crippen LogP contribution in [0.1, 0.15) is 13.8 Å². The first-order valence-electron chi connectivity index (χ1n) is 5.22. The molecule has 6 nitrogen and oxygen atoms in total. The van der Waals surface area contributed by atoms with Crippen molar-refractivity contribution in [2.45, 2.75) is 20.0 Å². The largest absolute Gasteiger partial charge is 0.378 e.